The molecule has 3 aromatic rings. The highest BCUT2D eigenvalue weighted by atomic mass is 32.1. The summed E-state index contributed by atoms with van der Waals surface area (Å²) in [5.74, 6) is 0.842. The number of nitrogens with zero attached hydrogens (tertiary/aromatic N) is 4. The minimum Gasteiger partial charge on any atom is -0.375 e. The van der Waals surface area contributed by atoms with Gasteiger partial charge in [0.15, 0.2) is 11.0 Å². The van der Waals surface area contributed by atoms with Crippen molar-refractivity contribution in [1.82, 2.24) is 19.7 Å². The van der Waals surface area contributed by atoms with Crippen LogP contribution in [0, 0.1) is 0 Å². The summed E-state index contributed by atoms with van der Waals surface area (Å²) in [5, 5.41) is 4.63. The maximum atomic E-state index is 5.66. The molecule has 0 unspecified atom stereocenters. The predicted octanol–water partition coefficient (Wildman–Crippen LogP) is 1.67. The molecular weight excluding hydrogens is 222 g/mol. The molecule has 2 heterocycles. The Morgan fingerprint density at radius 2 is 2.25 bits per heavy atom. The number of nitrogen functional groups attached to an aromatic ring is 1. The van der Waals surface area contributed by atoms with E-state index in [0.29, 0.717) is 5.13 Å². The number of anilines is 1. The molecule has 0 radical (unpaired) electrons. The third-order valence-electron chi connectivity index (χ3n) is 2.37. The van der Waals surface area contributed by atoms with Crippen molar-refractivity contribution < 1.29 is 0 Å². The van der Waals surface area contributed by atoms with Crippen LogP contribution in [-0.4, -0.2) is 19.7 Å². The van der Waals surface area contributed by atoms with Crippen LogP contribution in [0.2, 0.25) is 0 Å². The van der Waals surface area contributed by atoms with Crippen molar-refractivity contribution in [3.05, 3.63) is 24.5 Å². The number of rotatable bonds is 1. The molecule has 0 aliphatic carbocycles. The largest absolute Gasteiger partial charge is 0.375 e. The molecule has 80 valence electrons. The van der Waals surface area contributed by atoms with Gasteiger partial charge >= 0.3 is 0 Å². The summed E-state index contributed by atoms with van der Waals surface area (Å²) in [4.78, 5) is 8.42. The average Bonchev–Trinajstić information content (AvgIpc) is 2.81. The van der Waals surface area contributed by atoms with Gasteiger partial charge in [0.25, 0.3) is 0 Å². The zero-order chi connectivity index (χ0) is 11.1. The molecule has 2 aromatic heterocycles. The van der Waals surface area contributed by atoms with Gasteiger partial charge in [-0.05, 0) is 18.2 Å². The molecule has 5 nitrogen and oxygen atoms in total. The Balaban J connectivity index is 2.22. The lowest BCUT2D eigenvalue weighted by atomic mass is 10.2. The van der Waals surface area contributed by atoms with Crippen molar-refractivity contribution in [2.75, 3.05) is 5.73 Å². The predicted molar refractivity (Wildman–Crippen MR) is 64.0 cm³/mol. The summed E-state index contributed by atoms with van der Waals surface area (Å²) >= 11 is 1.48. The maximum Gasteiger partial charge on any atom is 0.181 e. The molecular formula is C10H9N5S. The van der Waals surface area contributed by atoms with Crippen LogP contribution in [-0.2, 0) is 7.05 Å². The van der Waals surface area contributed by atoms with Crippen LogP contribution in [0.3, 0.4) is 0 Å². The second-order valence-corrected chi connectivity index (χ2v) is 4.50. The van der Waals surface area contributed by atoms with Crippen LogP contribution in [0.1, 0.15) is 0 Å². The summed E-state index contributed by atoms with van der Waals surface area (Å²) in [5.41, 5.74) is 7.61. The third-order valence-corrected chi connectivity index (χ3v) is 3.22. The van der Waals surface area contributed by atoms with E-state index in [-0.39, 0.29) is 0 Å². The molecule has 0 saturated carbocycles. The molecule has 2 N–H and O–H groups in total. The fraction of sp³-hybridized carbons (Fsp3) is 0.100. The van der Waals surface area contributed by atoms with Gasteiger partial charge in [-0.25, -0.2) is 14.6 Å². The number of thiazole rings is 1. The fourth-order valence-electron chi connectivity index (χ4n) is 1.64. The molecule has 0 fully saturated rings. The molecule has 0 atom stereocenters. The van der Waals surface area contributed by atoms with Gasteiger partial charge in [-0.3, -0.25) is 0 Å². The monoisotopic (exact) mass is 231 g/mol. The van der Waals surface area contributed by atoms with E-state index in [1.807, 2.05) is 25.2 Å². The summed E-state index contributed by atoms with van der Waals surface area (Å²) < 4.78 is 2.81. The highest BCUT2D eigenvalue weighted by Crippen LogP contribution is 2.27. The second-order valence-electron chi connectivity index (χ2n) is 3.44. The number of hydrogen-bond acceptors (Lipinski definition) is 5. The molecule has 0 saturated heterocycles. The highest BCUT2D eigenvalue weighted by Gasteiger charge is 2.07. The minimum atomic E-state index is 0.588. The fourth-order valence-corrected chi connectivity index (χ4v) is 2.41. The van der Waals surface area contributed by atoms with Crippen molar-refractivity contribution in [1.29, 1.82) is 0 Å². The van der Waals surface area contributed by atoms with Crippen molar-refractivity contribution >= 4 is 26.7 Å². The molecule has 0 aliphatic rings. The SMILES string of the molecule is Cn1ncnc1-c1ccc2nc(N)sc2c1. The molecule has 1 aromatic carbocycles. The lowest BCUT2D eigenvalue weighted by Gasteiger charge is -1.99. The Morgan fingerprint density at radius 1 is 1.38 bits per heavy atom. The topological polar surface area (TPSA) is 69.6 Å². The zero-order valence-corrected chi connectivity index (χ0v) is 9.40. The van der Waals surface area contributed by atoms with E-state index in [2.05, 4.69) is 15.1 Å². The Hall–Kier alpha value is -1.95. The lowest BCUT2D eigenvalue weighted by Crippen LogP contribution is -1.93. The molecule has 0 amide bonds. The first-order valence-electron chi connectivity index (χ1n) is 4.74. The van der Waals surface area contributed by atoms with Gasteiger partial charge in [0.1, 0.15) is 6.33 Å². The van der Waals surface area contributed by atoms with E-state index >= 15 is 0 Å². The smallest absolute Gasteiger partial charge is 0.181 e. The Bertz CT molecular complexity index is 654. The molecule has 0 bridgehead atoms. The van der Waals surface area contributed by atoms with Gasteiger partial charge in [0.05, 0.1) is 10.2 Å². The normalized spacial score (nSPS) is 11.1. The quantitative estimate of drug-likeness (QED) is 0.691. The van der Waals surface area contributed by atoms with Crippen LogP contribution in [0.25, 0.3) is 21.6 Å². The minimum absolute atomic E-state index is 0.588. The first kappa shape index (κ1) is 9.29. The van der Waals surface area contributed by atoms with Gasteiger partial charge in [-0.15, -0.1) is 0 Å². The molecule has 3 rings (SSSR count). The first-order chi connectivity index (χ1) is 7.74. The van der Waals surface area contributed by atoms with Gasteiger partial charge in [0.2, 0.25) is 0 Å². The molecule has 16 heavy (non-hydrogen) atoms. The standard InChI is InChI=1S/C10H9N5S/c1-15-9(12-5-13-15)6-2-3-7-8(4-6)16-10(11)14-7/h2-5H,1H3,(H2,11,14). The average molecular weight is 231 g/mol. The first-order valence-corrected chi connectivity index (χ1v) is 5.56. The van der Waals surface area contributed by atoms with E-state index in [9.17, 15) is 0 Å². The Kier molecular flexibility index (Phi) is 1.90. The van der Waals surface area contributed by atoms with Crippen molar-refractivity contribution in [2.45, 2.75) is 0 Å². The third kappa shape index (κ3) is 1.35. The van der Waals surface area contributed by atoms with Crippen molar-refractivity contribution in [3.8, 4) is 11.4 Å². The summed E-state index contributed by atoms with van der Waals surface area (Å²) in [7, 11) is 1.87. The van der Waals surface area contributed by atoms with E-state index in [4.69, 9.17) is 5.73 Å². The molecule has 0 spiro atoms. The van der Waals surface area contributed by atoms with Crippen LogP contribution in [0.5, 0.6) is 0 Å². The highest BCUT2D eigenvalue weighted by molar-refractivity contribution is 7.22. The van der Waals surface area contributed by atoms with Crippen LogP contribution in [0.4, 0.5) is 5.13 Å². The van der Waals surface area contributed by atoms with Crippen LogP contribution < -0.4 is 5.73 Å². The lowest BCUT2D eigenvalue weighted by molar-refractivity contribution is 0.775. The zero-order valence-electron chi connectivity index (χ0n) is 8.58. The summed E-state index contributed by atoms with van der Waals surface area (Å²) in [6.45, 7) is 0. The molecule has 6 heteroatoms. The number of fused-ring (bicyclic) bond motifs is 1. The Morgan fingerprint density at radius 3 is 3.00 bits per heavy atom. The number of benzene rings is 1. The van der Waals surface area contributed by atoms with E-state index in [0.717, 1.165) is 21.6 Å². The molecule has 0 aliphatic heterocycles. The Labute approximate surface area is 95.6 Å². The van der Waals surface area contributed by atoms with Gasteiger partial charge in [0, 0.05) is 12.6 Å². The number of aromatic nitrogens is 4. The maximum absolute atomic E-state index is 5.66. The van der Waals surface area contributed by atoms with E-state index in [1.165, 1.54) is 11.3 Å². The number of aryl methyl sites for hydroxylation is 1. The number of nitrogens with two attached hydrogens (primary N) is 1. The summed E-state index contributed by atoms with van der Waals surface area (Å²) in [6, 6.07) is 5.96. The van der Waals surface area contributed by atoms with Gasteiger partial charge in [-0.2, -0.15) is 5.10 Å². The number of hydrogen-bond donors (Lipinski definition) is 1. The van der Waals surface area contributed by atoms with E-state index < -0.39 is 0 Å². The van der Waals surface area contributed by atoms with Gasteiger partial charge in [-0.1, -0.05) is 11.3 Å². The second kappa shape index (κ2) is 3.28. The van der Waals surface area contributed by atoms with Gasteiger partial charge < -0.3 is 5.73 Å². The van der Waals surface area contributed by atoms with Crippen LogP contribution in [0.15, 0.2) is 24.5 Å². The van der Waals surface area contributed by atoms with Crippen LogP contribution >= 0.6 is 11.3 Å². The summed E-state index contributed by atoms with van der Waals surface area (Å²) in [6.07, 6.45) is 1.54. The van der Waals surface area contributed by atoms with Crippen molar-refractivity contribution in [2.24, 2.45) is 7.05 Å². The van der Waals surface area contributed by atoms with E-state index in [1.54, 1.807) is 11.0 Å². The van der Waals surface area contributed by atoms with Crippen molar-refractivity contribution in [3.63, 3.8) is 0 Å².